The van der Waals surface area contributed by atoms with Gasteiger partial charge in [0.15, 0.2) is 12.3 Å². The Labute approximate surface area is 262 Å². The van der Waals surface area contributed by atoms with Crippen LogP contribution >= 0.6 is 0 Å². The molecule has 0 bridgehead atoms. The van der Waals surface area contributed by atoms with Crippen LogP contribution < -0.4 is 25.6 Å². The van der Waals surface area contributed by atoms with Crippen LogP contribution in [0.1, 0.15) is 36.7 Å². The Morgan fingerprint density at radius 1 is 0.957 bits per heavy atom. The maximum atomic E-state index is 13.1. The van der Waals surface area contributed by atoms with Crippen molar-refractivity contribution in [3.8, 4) is 5.75 Å². The predicted octanol–water partition coefficient (Wildman–Crippen LogP) is 5.11. The maximum Gasteiger partial charge on any atom is 0.422 e. The number of piperazine rings is 1. The first kappa shape index (κ1) is 32.3. The van der Waals surface area contributed by atoms with Crippen molar-refractivity contribution < 1.29 is 31.9 Å². The van der Waals surface area contributed by atoms with Crippen molar-refractivity contribution in [1.82, 2.24) is 30.1 Å². The summed E-state index contributed by atoms with van der Waals surface area (Å²) in [7, 11) is 0. The lowest BCUT2D eigenvalue weighted by atomic mass is 10.1. The standard InChI is InChI=1S/C31H34F4N8O3/c1-30(2,3)39-27(44)21-6-10-24(25(16-21)46-19-31(33,34)35)37-28-38-26-11-9-23(18-43(26)40-28)41-12-14-42(15-13-41)29(45)36-17-20-4-7-22(32)8-5-20/h4-11,16,18H,12-15,17,19H2,1-3H3,(H,36,45)(H,37,40)(H,39,44). The molecule has 1 saturated heterocycles. The molecule has 11 nitrogen and oxygen atoms in total. The number of benzene rings is 2. The molecular weight excluding hydrogens is 608 g/mol. The highest BCUT2D eigenvalue weighted by Crippen LogP contribution is 2.30. The molecule has 0 spiro atoms. The first-order valence-corrected chi connectivity index (χ1v) is 14.5. The van der Waals surface area contributed by atoms with Crippen molar-refractivity contribution in [2.75, 3.05) is 43.0 Å². The molecule has 3 amide bonds. The molecule has 5 rings (SSSR count). The second-order valence-corrected chi connectivity index (χ2v) is 11.8. The van der Waals surface area contributed by atoms with E-state index >= 15 is 0 Å². The van der Waals surface area contributed by atoms with E-state index in [2.05, 4.69) is 30.9 Å². The van der Waals surface area contributed by atoms with Gasteiger partial charge in [-0.25, -0.2) is 13.7 Å². The van der Waals surface area contributed by atoms with E-state index in [1.807, 2.05) is 6.07 Å². The summed E-state index contributed by atoms with van der Waals surface area (Å²) >= 11 is 0. The lowest BCUT2D eigenvalue weighted by molar-refractivity contribution is -0.153. The number of alkyl halides is 3. The van der Waals surface area contributed by atoms with Crippen molar-refractivity contribution in [1.29, 1.82) is 0 Å². The summed E-state index contributed by atoms with van der Waals surface area (Å²) in [4.78, 5) is 33.5. The fourth-order valence-corrected chi connectivity index (χ4v) is 4.75. The van der Waals surface area contributed by atoms with E-state index in [0.717, 1.165) is 11.3 Å². The predicted molar refractivity (Wildman–Crippen MR) is 164 cm³/mol. The van der Waals surface area contributed by atoms with Crippen molar-refractivity contribution in [3.05, 3.63) is 77.7 Å². The van der Waals surface area contributed by atoms with Crippen molar-refractivity contribution >= 4 is 34.9 Å². The third-order valence-corrected chi connectivity index (χ3v) is 6.97. The molecule has 244 valence electrons. The van der Waals surface area contributed by atoms with Crippen molar-refractivity contribution in [3.63, 3.8) is 0 Å². The fraction of sp³-hybridized carbons (Fsp3) is 0.355. The second-order valence-electron chi connectivity index (χ2n) is 11.8. The topological polar surface area (TPSA) is 116 Å². The summed E-state index contributed by atoms with van der Waals surface area (Å²) in [5, 5.41) is 13.0. The van der Waals surface area contributed by atoms with Crippen LogP contribution in [0.3, 0.4) is 0 Å². The first-order chi connectivity index (χ1) is 21.7. The number of ether oxygens (including phenoxy) is 1. The number of fused-ring (bicyclic) bond motifs is 1. The van der Waals surface area contributed by atoms with Gasteiger partial charge in [0.25, 0.3) is 5.91 Å². The van der Waals surface area contributed by atoms with Crippen LogP contribution in [0.4, 0.5) is 39.7 Å². The van der Waals surface area contributed by atoms with E-state index in [1.165, 1.54) is 30.3 Å². The van der Waals surface area contributed by atoms with Gasteiger partial charge in [0.05, 0.1) is 17.6 Å². The molecule has 1 aliphatic heterocycles. The molecule has 15 heteroatoms. The molecule has 4 aromatic rings. The minimum absolute atomic E-state index is 0.114. The van der Waals surface area contributed by atoms with Crippen LogP contribution in [0.5, 0.6) is 5.75 Å². The van der Waals surface area contributed by atoms with E-state index in [1.54, 1.807) is 54.6 Å². The maximum absolute atomic E-state index is 13.1. The summed E-state index contributed by atoms with van der Waals surface area (Å²) in [6, 6.07) is 13.5. The second kappa shape index (κ2) is 13.1. The molecule has 1 fully saturated rings. The van der Waals surface area contributed by atoms with Crippen LogP contribution in [0.15, 0.2) is 60.8 Å². The molecule has 46 heavy (non-hydrogen) atoms. The fourth-order valence-electron chi connectivity index (χ4n) is 4.75. The Morgan fingerprint density at radius 3 is 2.35 bits per heavy atom. The van der Waals surface area contributed by atoms with E-state index in [-0.39, 0.29) is 34.8 Å². The van der Waals surface area contributed by atoms with Gasteiger partial charge in [-0.2, -0.15) is 18.2 Å². The third kappa shape index (κ3) is 8.55. The van der Waals surface area contributed by atoms with Crippen molar-refractivity contribution in [2.45, 2.75) is 39.0 Å². The number of hydrogen-bond donors (Lipinski definition) is 3. The summed E-state index contributed by atoms with van der Waals surface area (Å²) < 4.78 is 58.7. The van der Waals surface area contributed by atoms with Crippen LogP contribution in [0, 0.1) is 5.82 Å². The molecule has 3 N–H and O–H groups in total. The van der Waals surface area contributed by atoms with Crippen LogP contribution in [0.2, 0.25) is 0 Å². The van der Waals surface area contributed by atoms with Crippen LogP contribution in [-0.2, 0) is 6.54 Å². The number of nitrogens with zero attached hydrogens (tertiary/aromatic N) is 5. The lowest BCUT2D eigenvalue weighted by Crippen LogP contribution is -2.51. The zero-order chi connectivity index (χ0) is 33.1. The summed E-state index contributed by atoms with van der Waals surface area (Å²) in [6.45, 7) is 6.25. The highest BCUT2D eigenvalue weighted by molar-refractivity contribution is 5.95. The number of urea groups is 1. The quantitative estimate of drug-likeness (QED) is 0.229. The molecule has 0 aliphatic carbocycles. The van der Waals surface area contributed by atoms with E-state index in [0.29, 0.717) is 38.4 Å². The van der Waals surface area contributed by atoms with Gasteiger partial charge < -0.3 is 30.5 Å². The molecule has 2 aromatic carbocycles. The lowest BCUT2D eigenvalue weighted by Gasteiger charge is -2.36. The molecule has 1 aliphatic rings. The van der Waals surface area contributed by atoms with Gasteiger partial charge in [-0.15, -0.1) is 5.10 Å². The third-order valence-electron chi connectivity index (χ3n) is 6.97. The zero-order valence-electron chi connectivity index (χ0n) is 25.5. The number of carbonyl (C=O) groups excluding carboxylic acids is 2. The van der Waals surface area contributed by atoms with Gasteiger partial charge in [-0.05, 0) is 68.8 Å². The van der Waals surface area contributed by atoms with E-state index in [9.17, 15) is 27.2 Å². The summed E-state index contributed by atoms with van der Waals surface area (Å²) in [6.07, 6.45) is -2.81. The minimum atomic E-state index is -4.59. The van der Waals surface area contributed by atoms with E-state index < -0.39 is 24.2 Å². The first-order valence-electron chi connectivity index (χ1n) is 14.5. The zero-order valence-corrected chi connectivity index (χ0v) is 25.5. The average Bonchev–Trinajstić information content (AvgIpc) is 3.40. The molecular formula is C31H34F4N8O3. The Morgan fingerprint density at radius 2 is 1.67 bits per heavy atom. The Kier molecular flexibility index (Phi) is 9.21. The number of pyridine rings is 1. The van der Waals surface area contributed by atoms with Gasteiger partial charge in [-0.1, -0.05) is 12.1 Å². The summed E-state index contributed by atoms with van der Waals surface area (Å²) in [5.41, 5.74) is 1.88. The number of anilines is 3. The largest absolute Gasteiger partial charge is 0.482 e. The van der Waals surface area contributed by atoms with Gasteiger partial charge >= 0.3 is 12.2 Å². The highest BCUT2D eigenvalue weighted by atomic mass is 19.4. The number of rotatable bonds is 8. The molecule has 0 saturated carbocycles. The number of nitrogens with one attached hydrogen (secondary N) is 3. The molecule has 0 radical (unpaired) electrons. The monoisotopic (exact) mass is 642 g/mol. The number of halogens is 4. The van der Waals surface area contributed by atoms with Gasteiger partial charge in [-0.3, -0.25) is 4.79 Å². The number of amides is 3. The van der Waals surface area contributed by atoms with E-state index in [4.69, 9.17) is 4.74 Å². The Bertz CT molecular complexity index is 1690. The smallest absolute Gasteiger partial charge is 0.422 e. The summed E-state index contributed by atoms with van der Waals surface area (Å²) in [5.74, 6) is -0.859. The molecule has 0 unspecified atom stereocenters. The number of carbonyl (C=O) groups is 2. The molecule has 3 heterocycles. The normalized spacial score (nSPS) is 13.9. The van der Waals surface area contributed by atoms with Gasteiger partial charge in [0.1, 0.15) is 11.6 Å². The Hall–Kier alpha value is -5.08. The number of hydrogen-bond acceptors (Lipinski definition) is 7. The molecule has 0 atom stereocenters. The minimum Gasteiger partial charge on any atom is -0.482 e. The molecule has 2 aromatic heterocycles. The Balaban J connectivity index is 1.24. The van der Waals surface area contributed by atoms with Crippen molar-refractivity contribution in [2.24, 2.45) is 0 Å². The highest BCUT2D eigenvalue weighted by Gasteiger charge is 2.29. The van der Waals surface area contributed by atoms with Gasteiger partial charge in [0, 0.05) is 43.8 Å². The van der Waals surface area contributed by atoms with Crippen LogP contribution in [0.25, 0.3) is 5.65 Å². The SMILES string of the molecule is CC(C)(C)NC(=O)c1ccc(Nc2nc3ccc(N4CCN(C(=O)NCc5ccc(F)cc5)CC4)cn3n2)c(OCC(F)(F)F)c1. The average molecular weight is 643 g/mol. The van der Waals surface area contributed by atoms with Crippen LogP contribution in [-0.4, -0.2) is 75.9 Å². The van der Waals surface area contributed by atoms with Gasteiger partial charge in [0.2, 0.25) is 5.95 Å². The number of aromatic nitrogens is 3.